The molecular formula is C45H59N5O9. The molecule has 1 saturated heterocycles. The van der Waals surface area contributed by atoms with Gasteiger partial charge in [-0.15, -0.1) is 0 Å². The van der Waals surface area contributed by atoms with Gasteiger partial charge >= 0.3 is 12.1 Å². The lowest BCUT2D eigenvalue weighted by atomic mass is 9.97. The summed E-state index contributed by atoms with van der Waals surface area (Å²) >= 11 is 0. The zero-order valence-corrected chi connectivity index (χ0v) is 35.2. The number of benzene rings is 3. The molecular weight excluding hydrogens is 755 g/mol. The largest absolute Gasteiger partial charge is 0.489 e. The molecule has 318 valence electrons. The second kappa shape index (κ2) is 21.7. The molecule has 14 heteroatoms. The Balaban J connectivity index is 1.41. The highest BCUT2D eigenvalue weighted by molar-refractivity contribution is 5.95. The van der Waals surface area contributed by atoms with Crippen LogP contribution in [0.1, 0.15) is 71.6 Å². The second-order valence-corrected chi connectivity index (χ2v) is 16.0. The Morgan fingerprint density at radius 1 is 0.797 bits per heavy atom. The highest BCUT2D eigenvalue weighted by Crippen LogP contribution is 2.23. The Morgan fingerprint density at radius 3 is 2.02 bits per heavy atom. The lowest BCUT2D eigenvalue weighted by molar-refractivity contribution is -0.163. The Bertz CT molecular complexity index is 1870. The van der Waals surface area contributed by atoms with E-state index in [9.17, 15) is 28.8 Å². The number of piperazine rings is 1. The molecule has 59 heavy (non-hydrogen) atoms. The Labute approximate surface area is 347 Å². The van der Waals surface area contributed by atoms with Gasteiger partial charge < -0.3 is 40.0 Å². The Hall–Kier alpha value is -5.92. The van der Waals surface area contributed by atoms with Gasteiger partial charge in [0.25, 0.3) is 0 Å². The van der Waals surface area contributed by atoms with Crippen LogP contribution in [0.25, 0.3) is 0 Å². The van der Waals surface area contributed by atoms with Gasteiger partial charge in [0.2, 0.25) is 23.6 Å². The highest BCUT2D eigenvalue weighted by Gasteiger charge is 2.42. The molecule has 1 fully saturated rings. The van der Waals surface area contributed by atoms with Gasteiger partial charge in [0.15, 0.2) is 0 Å². The lowest BCUT2D eigenvalue weighted by Gasteiger charge is -2.43. The Kier molecular flexibility index (Phi) is 16.9. The summed E-state index contributed by atoms with van der Waals surface area (Å²) in [6.07, 6.45) is -0.121. The first-order valence-corrected chi connectivity index (χ1v) is 20.2. The van der Waals surface area contributed by atoms with Crippen molar-refractivity contribution in [2.24, 2.45) is 5.92 Å². The number of esters is 1. The molecule has 3 aromatic carbocycles. The minimum Gasteiger partial charge on any atom is -0.489 e. The van der Waals surface area contributed by atoms with Gasteiger partial charge in [0.1, 0.15) is 42.1 Å². The summed E-state index contributed by atoms with van der Waals surface area (Å²) in [6, 6.07) is 22.2. The monoisotopic (exact) mass is 813 g/mol. The maximum Gasteiger partial charge on any atom is 0.408 e. The van der Waals surface area contributed by atoms with Crippen LogP contribution >= 0.6 is 0 Å². The summed E-state index contributed by atoms with van der Waals surface area (Å²) in [4.78, 5) is 83.7. The fourth-order valence-electron chi connectivity index (χ4n) is 6.64. The molecule has 0 aromatic heterocycles. The standard InChI is InChI=1S/C45H59N5O9/c1-8-57-43(55)38(25-30(2)3)50-24-23-49(37(42(50)54)27-32-15-11-9-12-16-32)39(51)28-46-40(52)31(4)47-41(53)36(48-44(56)59-45(5,6)7)26-33-19-21-35(22-20-33)58-29-34-17-13-10-14-18-34/h9-22,30-31,36-38H,8,23-29H2,1-7H3,(H,46,52)(H,47,53)(H,48,56)/t31-,36+,37+,38+/m1/s1. The number of nitrogens with zero attached hydrogens (tertiary/aromatic N) is 2. The lowest BCUT2D eigenvalue weighted by Crippen LogP contribution is -2.64. The highest BCUT2D eigenvalue weighted by atomic mass is 16.6. The molecule has 4 atom stereocenters. The van der Waals surface area contributed by atoms with Crippen LogP contribution in [0, 0.1) is 5.92 Å². The summed E-state index contributed by atoms with van der Waals surface area (Å²) in [6.45, 7) is 12.6. The first-order chi connectivity index (χ1) is 28.0. The van der Waals surface area contributed by atoms with Gasteiger partial charge in [-0.05, 0) is 75.8 Å². The number of hydrogen-bond acceptors (Lipinski definition) is 9. The van der Waals surface area contributed by atoms with Crippen LogP contribution in [0.2, 0.25) is 0 Å². The van der Waals surface area contributed by atoms with Crippen molar-refractivity contribution in [2.45, 2.75) is 104 Å². The third kappa shape index (κ3) is 14.4. The average molecular weight is 814 g/mol. The van der Waals surface area contributed by atoms with Crippen LogP contribution in [0.5, 0.6) is 5.75 Å². The number of hydrogen-bond donors (Lipinski definition) is 3. The van der Waals surface area contributed by atoms with E-state index in [1.807, 2.05) is 74.5 Å². The van der Waals surface area contributed by atoms with Crippen molar-refractivity contribution < 1.29 is 43.0 Å². The summed E-state index contributed by atoms with van der Waals surface area (Å²) in [5.41, 5.74) is 1.73. The molecule has 1 heterocycles. The average Bonchev–Trinajstić information content (AvgIpc) is 3.19. The molecule has 0 unspecified atom stereocenters. The molecule has 5 amide bonds. The number of alkyl carbamates (subject to hydrolysis) is 1. The van der Waals surface area contributed by atoms with Crippen molar-refractivity contribution in [3.8, 4) is 5.75 Å². The van der Waals surface area contributed by atoms with E-state index < -0.39 is 66.1 Å². The maximum atomic E-state index is 14.1. The number of carbonyl (C=O) groups is 6. The summed E-state index contributed by atoms with van der Waals surface area (Å²) in [7, 11) is 0. The number of nitrogens with one attached hydrogen (secondary N) is 3. The van der Waals surface area contributed by atoms with Gasteiger partial charge in [0, 0.05) is 25.9 Å². The van der Waals surface area contributed by atoms with Crippen LogP contribution in [-0.4, -0.2) is 102 Å². The minimum atomic E-state index is -1.12. The van der Waals surface area contributed by atoms with Crippen LogP contribution in [0.3, 0.4) is 0 Å². The number of ether oxygens (including phenoxy) is 3. The number of carbonyl (C=O) groups excluding carboxylic acids is 6. The number of amides is 5. The fourth-order valence-corrected chi connectivity index (χ4v) is 6.64. The third-order valence-corrected chi connectivity index (χ3v) is 9.53. The van der Waals surface area contributed by atoms with Crippen LogP contribution in [-0.2, 0) is 52.9 Å². The molecule has 4 rings (SSSR count). The zero-order chi connectivity index (χ0) is 43.1. The summed E-state index contributed by atoms with van der Waals surface area (Å²) < 4.78 is 16.6. The predicted molar refractivity (Wildman–Crippen MR) is 222 cm³/mol. The van der Waals surface area contributed by atoms with E-state index >= 15 is 0 Å². The molecule has 0 spiro atoms. The normalized spacial score (nSPS) is 15.7. The van der Waals surface area contributed by atoms with Gasteiger partial charge in [0.05, 0.1) is 13.2 Å². The number of rotatable bonds is 18. The van der Waals surface area contributed by atoms with Crippen molar-refractivity contribution in [2.75, 3.05) is 26.2 Å². The molecule has 0 saturated carbocycles. The molecule has 1 aliphatic heterocycles. The van der Waals surface area contributed by atoms with E-state index in [4.69, 9.17) is 14.2 Å². The van der Waals surface area contributed by atoms with Gasteiger partial charge in [-0.2, -0.15) is 0 Å². The predicted octanol–water partition coefficient (Wildman–Crippen LogP) is 4.58. The van der Waals surface area contributed by atoms with Crippen molar-refractivity contribution in [3.05, 3.63) is 102 Å². The summed E-state index contributed by atoms with van der Waals surface area (Å²) in [5.74, 6) is -1.92. The van der Waals surface area contributed by atoms with Gasteiger partial charge in [-0.3, -0.25) is 19.2 Å². The van der Waals surface area contributed by atoms with E-state index in [1.165, 1.54) is 16.7 Å². The van der Waals surface area contributed by atoms with Crippen LogP contribution < -0.4 is 20.7 Å². The van der Waals surface area contributed by atoms with E-state index in [0.29, 0.717) is 24.3 Å². The minimum absolute atomic E-state index is 0.0772. The Morgan fingerprint density at radius 2 is 1.42 bits per heavy atom. The van der Waals surface area contributed by atoms with E-state index in [0.717, 1.165) is 11.1 Å². The van der Waals surface area contributed by atoms with Gasteiger partial charge in [-0.25, -0.2) is 9.59 Å². The SMILES string of the molecule is CCOC(=O)[C@H](CC(C)C)N1CCN(C(=O)CNC(=O)[C@@H](C)NC(=O)[C@H](Cc2ccc(OCc3ccccc3)cc2)NC(=O)OC(C)(C)C)[C@@H](Cc2ccccc2)C1=O. The van der Waals surface area contributed by atoms with E-state index in [1.54, 1.807) is 52.0 Å². The first-order valence-electron chi connectivity index (χ1n) is 20.2. The first kappa shape index (κ1) is 45.8. The molecule has 3 N–H and O–H groups in total. The van der Waals surface area contributed by atoms with E-state index in [-0.39, 0.29) is 44.4 Å². The molecule has 0 radical (unpaired) electrons. The van der Waals surface area contributed by atoms with Crippen LogP contribution in [0.15, 0.2) is 84.9 Å². The van der Waals surface area contributed by atoms with E-state index in [2.05, 4.69) is 16.0 Å². The molecule has 3 aromatic rings. The third-order valence-electron chi connectivity index (χ3n) is 9.53. The van der Waals surface area contributed by atoms with Gasteiger partial charge in [-0.1, -0.05) is 86.6 Å². The van der Waals surface area contributed by atoms with Crippen molar-refractivity contribution >= 4 is 35.7 Å². The maximum absolute atomic E-state index is 14.1. The van der Waals surface area contributed by atoms with Crippen LogP contribution in [0.4, 0.5) is 4.79 Å². The topological polar surface area (TPSA) is 173 Å². The van der Waals surface area contributed by atoms with Crippen molar-refractivity contribution in [1.29, 1.82) is 0 Å². The molecule has 1 aliphatic rings. The quantitative estimate of drug-likeness (QED) is 0.156. The van der Waals surface area contributed by atoms with Crippen molar-refractivity contribution in [3.63, 3.8) is 0 Å². The summed E-state index contributed by atoms with van der Waals surface area (Å²) in [5, 5.41) is 7.87. The fraction of sp³-hybridized carbons (Fsp3) is 0.467. The molecule has 0 aliphatic carbocycles. The smallest absolute Gasteiger partial charge is 0.408 e. The van der Waals surface area contributed by atoms with Crippen molar-refractivity contribution in [1.82, 2.24) is 25.8 Å². The second-order valence-electron chi connectivity index (χ2n) is 16.0. The molecule has 0 bridgehead atoms. The molecule has 14 nitrogen and oxygen atoms in total. The zero-order valence-electron chi connectivity index (χ0n) is 35.2.